The Kier molecular flexibility index (Phi) is 12.3. The number of hydrogen-bond acceptors (Lipinski definition) is 9. The molecule has 0 fully saturated rings. The van der Waals surface area contributed by atoms with Gasteiger partial charge in [0.1, 0.15) is 36.7 Å². The van der Waals surface area contributed by atoms with Gasteiger partial charge in [0.25, 0.3) is 0 Å². The zero-order valence-corrected chi connectivity index (χ0v) is 11.9. The predicted molar refractivity (Wildman–Crippen MR) is 71.5 cm³/mol. The van der Waals surface area contributed by atoms with Crippen LogP contribution in [-0.2, 0) is 14.4 Å². The molecule has 0 aromatic heterocycles. The lowest BCUT2D eigenvalue weighted by atomic mass is 10.0. The van der Waals surface area contributed by atoms with Gasteiger partial charge in [0.2, 0.25) is 5.91 Å². The van der Waals surface area contributed by atoms with Crippen molar-refractivity contribution in [2.45, 2.75) is 37.3 Å². The van der Waals surface area contributed by atoms with E-state index in [2.05, 4.69) is 5.32 Å². The third kappa shape index (κ3) is 9.33. The van der Waals surface area contributed by atoms with Crippen LogP contribution in [0.3, 0.4) is 0 Å². The van der Waals surface area contributed by atoms with Gasteiger partial charge in [0, 0.05) is 6.92 Å². The summed E-state index contributed by atoms with van der Waals surface area (Å²) in [6.45, 7) is -0.128. The largest absolute Gasteiger partial charge is 0.480 e. The minimum absolute atomic E-state index is 0.235. The number of aliphatic hydroxyl groups is 5. The molecule has 0 aliphatic carbocycles. The van der Waals surface area contributed by atoms with Crippen LogP contribution >= 0.6 is 0 Å². The van der Waals surface area contributed by atoms with Crippen molar-refractivity contribution in [2.24, 2.45) is 5.73 Å². The van der Waals surface area contributed by atoms with E-state index < -0.39 is 55.5 Å². The Bertz CT molecular complexity index is 352. The van der Waals surface area contributed by atoms with Gasteiger partial charge in [-0.15, -0.1) is 0 Å². The molecule has 0 spiro atoms. The highest BCUT2D eigenvalue weighted by Gasteiger charge is 2.31. The maximum absolute atomic E-state index is 10.6. The van der Waals surface area contributed by atoms with Crippen molar-refractivity contribution in [1.82, 2.24) is 5.32 Å². The van der Waals surface area contributed by atoms with Crippen LogP contribution in [0.15, 0.2) is 0 Å². The van der Waals surface area contributed by atoms with E-state index in [4.69, 9.17) is 26.2 Å². The lowest BCUT2D eigenvalue weighted by molar-refractivity contribution is -0.139. The highest BCUT2D eigenvalue weighted by molar-refractivity contribution is 5.77. The van der Waals surface area contributed by atoms with Gasteiger partial charge >= 0.3 is 5.97 Å². The Morgan fingerprint density at radius 2 is 1.64 bits per heavy atom. The summed E-state index contributed by atoms with van der Waals surface area (Å²) in [5, 5.41) is 54.0. The smallest absolute Gasteiger partial charge is 0.322 e. The molecule has 0 rings (SSSR count). The Morgan fingerprint density at radius 3 is 1.86 bits per heavy atom. The van der Waals surface area contributed by atoms with Gasteiger partial charge in [0.15, 0.2) is 0 Å². The average molecular weight is 326 g/mol. The van der Waals surface area contributed by atoms with Gasteiger partial charge in [-0.1, -0.05) is 0 Å². The molecule has 0 saturated carbocycles. The zero-order chi connectivity index (χ0) is 17.9. The van der Waals surface area contributed by atoms with Crippen molar-refractivity contribution < 1.29 is 45.0 Å². The standard InChI is InChI=1S/C8H15NO6.C3H7NO3/c1-4(12)9-5(2-10)7(14)8(15)6(13)3-11;4-2(1-5)3(6)7/h2,5-8,11,13-15H,3H2,1H3,(H,9,12);2,5H,1,4H2,(H,6,7)/t5-,6+,7+,8-;2-/m00/s1. The van der Waals surface area contributed by atoms with Crippen LogP contribution in [-0.4, -0.2) is 92.4 Å². The van der Waals surface area contributed by atoms with Crippen molar-refractivity contribution >= 4 is 18.2 Å². The Morgan fingerprint density at radius 1 is 1.14 bits per heavy atom. The van der Waals surface area contributed by atoms with Crippen LogP contribution in [0.4, 0.5) is 0 Å². The van der Waals surface area contributed by atoms with Crippen LogP contribution in [0, 0.1) is 0 Å². The highest BCUT2D eigenvalue weighted by Crippen LogP contribution is 2.03. The van der Waals surface area contributed by atoms with Crippen molar-refractivity contribution in [1.29, 1.82) is 0 Å². The van der Waals surface area contributed by atoms with Crippen LogP contribution in [0.1, 0.15) is 6.92 Å². The number of carbonyl (C=O) groups is 3. The van der Waals surface area contributed by atoms with Gasteiger partial charge < -0.3 is 46.5 Å². The van der Waals surface area contributed by atoms with E-state index in [1.54, 1.807) is 0 Å². The number of aldehydes is 1. The number of carbonyl (C=O) groups excluding carboxylic acids is 2. The number of carboxylic acid groups (broad SMARTS) is 1. The van der Waals surface area contributed by atoms with Gasteiger partial charge in [0.05, 0.1) is 13.2 Å². The minimum Gasteiger partial charge on any atom is -0.480 e. The van der Waals surface area contributed by atoms with Crippen LogP contribution in [0.5, 0.6) is 0 Å². The lowest BCUT2D eigenvalue weighted by Crippen LogP contribution is -2.53. The Balaban J connectivity index is 0. The van der Waals surface area contributed by atoms with E-state index in [0.29, 0.717) is 0 Å². The number of aliphatic carboxylic acids is 1. The van der Waals surface area contributed by atoms with Gasteiger partial charge in [-0.3, -0.25) is 9.59 Å². The summed E-state index contributed by atoms with van der Waals surface area (Å²) < 4.78 is 0. The number of nitrogens with two attached hydrogens (primary N) is 1. The molecule has 1 amide bonds. The topological polar surface area (TPSA) is 211 Å². The number of amides is 1. The summed E-state index contributed by atoms with van der Waals surface area (Å²) in [6.07, 6.45) is -4.72. The molecular weight excluding hydrogens is 304 g/mol. The Hall–Kier alpha value is -1.63. The summed E-state index contributed by atoms with van der Waals surface area (Å²) in [5.41, 5.74) is 4.77. The van der Waals surface area contributed by atoms with E-state index in [-0.39, 0.29) is 6.29 Å². The normalized spacial score (nSPS) is 17.0. The van der Waals surface area contributed by atoms with Crippen molar-refractivity contribution in [3.63, 3.8) is 0 Å². The molecule has 9 N–H and O–H groups in total. The van der Waals surface area contributed by atoms with E-state index in [1.807, 2.05) is 0 Å². The first-order chi connectivity index (χ1) is 10.1. The quantitative estimate of drug-likeness (QED) is 0.199. The number of nitrogens with one attached hydrogen (secondary N) is 1. The summed E-state index contributed by atoms with van der Waals surface area (Å²) in [6, 6.07) is -2.45. The molecule has 0 radical (unpaired) electrons. The van der Waals surface area contributed by atoms with Crippen molar-refractivity contribution in [3.8, 4) is 0 Å². The molecule has 0 saturated heterocycles. The Labute approximate surface area is 126 Å². The summed E-state index contributed by atoms with van der Waals surface area (Å²) in [4.78, 5) is 30.7. The molecule has 11 heteroatoms. The second-order valence-electron chi connectivity index (χ2n) is 4.22. The van der Waals surface area contributed by atoms with E-state index in [9.17, 15) is 24.6 Å². The first kappa shape index (κ1) is 22.6. The lowest BCUT2D eigenvalue weighted by Gasteiger charge is -2.25. The van der Waals surface area contributed by atoms with Gasteiger partial charge in [-0.2, -0.15) is 0 Å². The molecule has 130 valence electrons. The summed E-state index contributed by atoms with van der Waals surface area (Å²) >= 11 is 0. The molecule has 5 atom stereocenters. The fourth-order valence-electron chi connectivity index (χ4n) is 1.06. The second-order valence-corrected chi connectivity index (χ2v) is 4.22. The number of hydrogen-bond donors (Lipinski definition) is 8. The summed E-state index contributed by atoms with van der Waals surface area (Å²) in [7, 11) is 0. The molecule has 0 aromatic carbocycles. The molecule has 22 heavy (non-hydrogen) atoms. The second kappa shape index (κ2) is 12.0. The average Bonchev–Trinajstić information content (AvgIpc) is 2.49. The fraction of sp³-hybridized carbons (Fsp3) is 0.727. The first-order valence-electron chi connectivity index (χ1n) is 6.09. The molecule has 0 bridgehead atoms. The maximum atomic E-state index is 10.6. The molecule has 0 aliphatic heterocycles. The van der Waals surface area contributed by atoms with E-state index in [0.717, 1.165) is 6.92 Å². The number of rotatable bonds is 8. The number of aliphatic hydroxyl groups excluding tert-OH is 5. The predicted octanol–water partition coefficient (Wildman–Crippen LogP) is -4.84. The van der Waals surface area contributed by atoms with Crippen molar-refractivity contribution in [2.75, 3.05) is 13.2 Å². The SMILES string of the molecule is CC(=O)N[C@@H](C=O)[C@@H](O)[C@@H](O)[C@H](O)CO.N[C@@H](CO)C(=O)O. The van der Waals surface area contributed by atoms with E-state index in [1.165, 1.54) is 0 Å². The van der Waals surface area contributed by atoms with Crippen LogP contribution in [0.25, 0.3) is 0 Å². The van der Waals surface area contributed by atoms with Gasteiger partial charge in [-0.25, -0.2) is 0 Å². The molecule has 0 unspecified atom stereocenters. The summed E-state index contributed by atoms with van der Waals surface area (Å²) in [5.74, 6) is -1.74. The highest BCUT2D eigenvalue weighted by atomic mass is 16.4. The first-order valence-corrected chi connectivity index (χ1v) is 6.09. The minimum atomic E-state index is -1.71. The third-order valence-electron chi connectivity index (χ3n) is 2.33. The monoisotopic (exact) mass is 326 g/mol. The molecule has 0 aliphatic rings. The van der Waals surface area contributed by atoms with E-state index >= 15 is 0 Å². The van der Waals surface area contributed by atoms with Crippen LogP contribution < -0.4 is 11.1 Å². The van der Waals surface area contributed by atoms with Gasteiger partial charge in [-0.05, 0) is 0 Å². The molecule has 11 nitrogen and oxygen atoms in total. The third-order valence-corrected chi connectivity index (χ3v) is 2.33. The fourth-order valence-corrected chi connectivity index (χ4v) is 1.06. The van der Waals surface area contributed by atoms with Crippen molar-refractivity contribution in [3.05, 3.63) is 0 Å². The maximum Gasteiger partial charge on any atom is 0.322 e. The van der Waals surface area contributed by atoms with Crippen LogP contribution in [0.2, 0.25) is 0 Å². The molecule has 0 aromatic rings. The zero-order valence-electron chi connectivity index (χ0n) is 11.9. The molecule has 0 heterocycles. The number of carboxylic acids is 1. The molecular formula is C11H22N2O9.